The van der Waals surface area contributed by atoms with Gasteiger partial charge in [-0.3, -0.25) is 9.59 Å². The van der Waals surface area contributed by atoms with Gasteiger partial charge in [0.25, 0.3) is 0 Å². The molecule has 7 heteroatoms. The first-order valence-electron chi connectivity index (χ1n) is 7.42. The highest BCUT2D eigenvalue weighted by Crippen LogP contribution is 2.20. The van der Waals surface area contributed by atoms with Gasteiger partial charge < -0.3 is 15.0 Å². The summed E-state index contributed by atoms with van der Waals surface area (Å²) in [6.45, 7) is 1.18. The Kier molecular flexibility index (Phi) is 6.14. The van der Waals surface area contributed by atoms with Crippen LogP contribution in [0.25, 0.3) is 0 Å². The van der Waals surface area contributed by atoms with Crippen LogP contribution in [0, 0.1) is 0 Å². The maximum Gasteiger partial charge on any atom is 0.337 e. The lowest BCUT2D eigenvalue weighted by molar-refractivity contribution is -0.120. The van der Waals surface area contributed by atoms with Crippen LogP contribution in [0.5, 0.6) is 0 Å². The zero-order valence-corrected chi connectivity index (χ0v) is 14.5. The summed E-state index contributed by atoms with van der Waals surface area (Å²) in [5, 5.41) is 3.12. The van der Waals surface area contributed by atoms with Crippen molar-refractivity contribution in [2.24, 2.45) is 0 Å². The predicted octanol–water partition coefficient (Wildman–Crippen LogP) is 3.12. The molecule has 0 aliphatic rings. The Morgan fingerprint density at radius 1 is 1.12 bits per heavy atom. The summed E-state index contributed by atoms with van der Waals surface area (Å²) in [6, 6.07) is 13.0. The lowest BCUT2D eigenvalue weighted by Crippen LogP contribution is -2.36. The van der Waals surface area contributed by atoms with Crippen LogP contribution in [0.4, 0.5) is 11.4 Å². The third kappa shape index (κ3) is 5.06. The first-order valence-corrected chi connectivity index (χ1v) is 7.80. The number of carbonyl (C=O) groups is 3. The Morgan fingerprint density at radius 2 is 1.84 bits per heavy atom. The summed E-state index contributed by atoms with van der Waals surface area (Å²) < 4.78 is 4.64. The van der Waals surface area contributed by atoms with Crippen molar-refractivity contribution in [2.45, 2.75) is 6.92 Å². The maximum atomic E-state index is 12.3. The minimum Gasteiger partial charge on any atom is -0.465 e. The molecule has 6 nitrogen and oxygen atoms in total. The molecular weight excluding hydrogens is 344 g/mol. The van der Waals surface area contributed by atoms with Crippen molar-refractivity contribution in [1.82, 2.24) is 0 Å². The van der Waals surface area contributed by atoms with Gasteiger partial charge in [0.15, 0.2) is 0 Å². The number of hydrogen-bond acceptors (Lipinski definition) is 4. The third-order valence-corrected chi connectivity index (χ3v) is 3.60. The molecule has 0 saturated carbocycles. The van der Waals surface area contributed by atoms with Crippen LogP contribution in [-0.2, 0) is 14.3 Å². The van der Waals surface area contributed by atoms with E-state index in [-0.39, 0.29) is 12.5 Å². The van der Waals surface area contributed by atoms with Gasteiger partial charge in [-0.1, -0.05) is 23.7 Å². The highest BCUT2D eigenvalue weighted by molar-refractivity contribution is 6.31. The van der Waals surface area contributed by atoms with Gasteiger partial charge in [-0.15, -0.1) is 0 Å². The molecule has 2 aromatic carbocycles. The maximum absolute atomic E-state index is 12.3. The second kappa shape index (κ2) is 8.30. The van der Waals surface area contributed by atoms with E-state index in [0.29, 0.717) is 22.0 Å². The molecule has 0 aliphatic heterocycles. The number of esters is 1. The topological polar surface area (TPSA) is 75.7 Å². The lowest BCUT2D eigenvalue weighted by atomic mass is 10.2. The van der Waals surface area contributed by atoms with Crippen molar-refractivity contribution in [3.63, 3.8) is 0 Å². The molecule has 0 fully saturated rings. The largest absolute Gasteiger partial charge is 0.465 e. The molecule has 25 heavy (non-hydrogen) atoms. The summed E-state index contributed by atoms with van der Waals surface area (Å²) in [5.41, 5.74) is 1.28. The van der Waals surface area contributed by atoms with E-state index < -0.39 is 11.9 Å². The number of ether oxygens (including phenoxy) is 1. The second-order valence-corrected chi connectivity index (χ2v) is 5.64. The predicted molar refractivity (Wildman–Crippen MR) is 95.9 cm³/mol. The molecule has 2 rings (SSSR count). The zero-order chi connectivity index (χ0) is 18.4. The molecular formula is C18H17ClN2O4. The van der Waals surface area contributed by atoms with E-state index in [1.165, 1.54) is 25.0 Å². The van der Waals surface area contributed by atoms with Crippen LogP contribution in [0.15, 0.2) is 48.5 Å². The molecule has 2 aromatic rings. The summed E-state index contributed by atoms with van der Waals surface area (Å²) in [7, 11) is 1.28. The van der Waals surface area contributed by atoms with E-state index in [1.54, 1.807) is 42.5 Å². The van der Waals surface area contributed by atoms with Gasteiger partial charge in [0.1, 0.15) is 6.54 Å². The lowest BCUT2D eigenvalue weighted by Gasteiger charge is -2.21. The van der Waals surface area contributed by atoms with Crippen molar-refractivity contribution >= 4 is 40.8 Å². The van der Waals surface area contributed by atoms with Crippen molar-refractivity contribution in [3.8, 4) is 0 Å². The fraction of sp³-hybridized carbons (Fsp3) is 0.167. The van der Waals surface area contributed by atoms with Gasteiger partial charge in [-0.05, 0) is 36.4 Å². The molecule has 0 spiro atoms. The number of methoxy groups -OCH3 is 1. The molecule has 0 heterocycles. The molecule has 1 N–H and O–H groups in total. The number of benzene rings is 2. The van der Waals surface area contributed by atoms with Crippen LogP contribution in [-0.4, -0.2) is 31.4 Å². The van der Waals surface area contributed by atoms with Crippen LogP contribution >= 0.6 is 11.6 Å². The van der Waals surface area contributed by atoms with Gasteiger partial charge in [0.2, 0.25) is 11.8 Å². The molecule has 0 unspecified atom stereocenters. The number of carbonyl (C=O) groups excluding carboxylic acids is 3. The quantitative estimate of drug-likeness (QED) is 0.831. The molecule has 0 saturated heterocycles. The average Bonchev–Trinajstić information content (AvgIpc) is 2.59. The minimum absolute atomic E-state index is 0.182. The fourth-order valence-corrected chi connectivity index (χ4v) is 2.40. The molecule has 0 aliphatic carbocycles. The van der Waals surface area contributed by atoms with E-state index in [1.807, 2.05) is 0 Å². The van der Waals surface area contributed by atoms with Gasteiger partial charge in [-0.2, -0.15) is 0 Å². The highest BCUT2D eigenvalue weighted by atomic mass is 35.5. The van der Waals surface area contributed by atoms with Gasteiger partial charge in [0, 0.05) is 23.3 Å². The standard InChI is InChI=1S/C18H17ClN2O4/c1-12(22)21(16-8-4-6-14(19)10-16)11-17(23)20-15-7-3-5-13(9-15)18(24)25-2/h3-10H,11H2,1-2H3,(H,20,23). The first-order chi connectivity index (χ1) is 11.9. The minimum atomic E-state index is -0.500. The SMILES string of the molecule is COC(=O)c1cccc(NC(=O)CN(C(C)=O)c2cccc(Cl)c2)c1. The van der Waals surface area contributed by atoms with E-state index in [4.69, 9.17) is 11.6 Å². The number of amides is 2. The number of nitrogens with one attached hydrogen (secondary N) is 1. The molecule has 130 valence electrons. The monoisotopic (exact) mass is 360 g/mol. The number of halogens is 1. The number of hydrogen-bond donors (Lipinski definition) is 1. The Balaban J connectivity index is 2.12. The first kappa shape index (κ1) is 18.5. The van der Waals surface area contributed by atoms with Crippen molar-refractivity contribution in [3.05, 3.63) is 59.1 Å². The van der Waals surface area contributed by atoms with Crippen molar-refractivity contribution in [2.75, 3.05) is 23.9 Å². The summed E-state index contributed by atoms with van der Waals surface area (Å²) >= 11 is 5.94. The van der Waals surface area contributed by atoms with Crippen molar-refractivity contribution < 1.29 is 19.1 Å². The average molecular weight is 361 g/mol. The smallest absolute Gasteiger partial charge is 0.337 e. The van der Waals surface area contributed by atoms with Crippen molar-refractivity contribution in [1.29, 1.82) is 0 Å². The number of nitrogens with zero attached hydrogens (tertiary/aromatic N) is 1. The van der Waals surface area contributed by atoms with E-state index in [0.717, 1.165) is 0 Å². The number of anilines is 2. The van der Waals surface area contributed by atoms with E-state index in [2.05, 4.69) is 10.1 Å². The van der Waals surface area contributed by atoms with Crippen LogP contribution in [0.2, 0.25) is 5.02 Å². The van der Waals surface area contributed by atoms with Crippen LogP contribution < -0.4 is 10.2 Å². The van der Waals surface area contributed by atoms with Crippen LogP contribution in [0.3, 0.4) is 0 Å². The second-order valence-electron chi connectivity index (χ2n) is 5.21. The third-order valence-electron chi connectivity index (χ3n) is 3.37. The van der Waals surface area contributed by atoms with Crippen LogP contribution in [0.1, 0.15) is 17.3 Å². The molecule has 0 radical (unpaired) electrons. The Hall–Kier alpha value is -2.86. The highest BCUT2D eigenvalue weighted by Gasteiger charge is 2.16. The normalized spacial score (nSPS) is 10.0. The van der Waals surface area contributed by atoms with E-state index >= 15 is 0 Å². The van der Waals surface area contributed by atoms with Gasteiger partial charge in [-0.25, -0.2) is 4.79 Å². The molecule has 0 atom stereocenters. The molecule has 0 bridgehead atoms. The molecule has 2 amide bonds. The summed E-state index contributed by atoms with van der Waals surface area (Å²) in [4.78, 5) is 37.0. The Morgan fingerprint density at radius 3 is 2.48 bits per heavy atom. The summed E-state index contributed by atoms with van der Waals surface area (Å²) in [5.74, 6) is -1.20. The van der Waals surface area contributed by atoms with Gasteiger partial charge in [0.05, 0.1) is 12.7 Å². The zero-order valence-electron chi connectivity index (χ0n) is 13.8. The summed E-state index contributed by atoms with van der Waals surface area (Å²) in [6.07, 6.45) is 0. The fourth-order valence-electron chi connectivity index (χ4n) is 2.21. The Bertz CT molecular complexity index is 807. The Labute approximate surface area is 150 Å². The van der Waals surface area contributed by atoms with E-state index in [9.17, 15) is 14.4 Å². The van der Waals surface area contributed by atoms with Gasteiger partial charge >= 0.3 is 5.97 Å². The number of rotatable bonds is 5. The molecule has 0 aromatic heterocycles.